The minimum Gasteiger partial charge on any atom is -0.465 e. The summed E-state index contributed by atoms with van der Waals surface area (Å²) in [4.78, 5) is 37.7. The van der Waals surface area contributed by atoms with Crippen molar-refractivity contribution in [3.63, 3.8) is 0 Å². The summed E-state index contributed by atoms with van der Waals surface area (Å²) in [5, 5.41) is 0. The third-order valence-corrected chi connectivity index (χ3v) is 12.4. The molecule has 0 amide bonds. The molecule has 0 aromatic rings. The Bertz CT molecular complexity index is 964. The number of rotatable bonds is 2. The summed E-state index contributed by atoms with van der Waals surface area (Å²) < 4.78 is 18.7. The second-order valence-electron chi connectivity index (χ2n) is 14.2. The van der Waals surface area contributed by atoms with Crippen LogP contribution in [0.4, 0.5) is 0 Å². The van der Waals surface area contributed by atoms with E-state index >= 15 is 0 Å². The van der Waals surface area contributed by atoms with Crippen molar-refractivity contribution in [3.05, 3.63) is 0 Å². The zero-order valence-electron chi connectivity index (χ0n) is 22.8. The molecule has 4 saturated carbocycles. The number of hydrogen-bond acceptors (Lipinski definition) is 6. The van der Waals surface area contributed by atoms with Crippen molar-refractivity contribution in [2.24, 2.45) is 51.8 Å². The van der Waals surface area contributed by atoms with Gasteiger partial charge in [0.1, 0.15) is 11.6 Å². The molecule has 0 radical (unpaired) electrons. The molecule has 4 aliphatic carbocycles. The van der Waals surface area contributed by atoms with Crippen LogP contribution >= 0.6 is 0 Å². The van der Waals surface area contributed by atoms with E-state index in [1.807, 2.05) is 0 Å². The quantitative estimate of drug-likeness (QED) is 0.490. The molecular formula is C30H44O6. The number of Topliss-reactive ketones (excluding diaryl/α,β-unsaturated/α-hetero) is 2. The first kappa shape index (κ1) is 25.0. The molecule has 0 aromatic carbocycles. The highest BCUT2D eigenvalue weighted by molar-refractivity contribution is 5.87. The van der Waals surface area contributed by atoms with Crippen molar-refractivity contribution in [1.29, 1.82) is 0 Å². The smallest absolute Gasteiger partial charge is 0.302 e. The summed E-state index contributed by atoms with van der Waals surface area (Å²) >= 11 is 0. The first-order chi connectivity index (χ1) is 16.9. The van der Waals surface area contributed by atoms with Crippen LogP contribution in [0.1, 0.15) is 92.4 Å². The molecule has 2 heterocycles. The van der Waals surface area contributed by atoms with Crippen molar-refractivity contribution in [2.75, 3.05) is 13.2 Å². The van der Waals surface area contributed by atoms with Crippen LogP contribution in [0.15, 0.2) is 0 Å². The molecule has 6 fully saturated rings. The van der Waals surface area contributed by atoms with Gasteiger partial charge in [0.05, 0.1) is 19.3 Å². The standard InChI is InChI=1S/C30H44O6/c1-17-26-24(36-30(17)11-10-27(3,16-35-30)15-34-18(2)31)13-23-21-7-6-19-12-20(32)8-9-28(19,4)22(21)14-25(33)29(23,26)5/h17,19,21-24,26H,6-16H2,1-5H3/t17-,19?,21+,22-,23-,24-,26-,27+,28-,29+,30+/m0/s1. The third kappa shape index (κ3) is 3.38. The number of ether oxygens (including phenoxy) is 3. The van der Waals surface area contributed by atoms with Gasteiger partial charge in [-0.15, -0.1) is 0 Å². The van der Waals surface area contributed by atoms with Gasteiger partial charge in [-0.1, -0.05) is 27.7 Å². The molecule has 0 bridgehead atoms. The Morgan fingerprint density at radius 2 is 1.83 bits per heavy atom. The molecule has 2 aliphatic heterocycles. The lowest BCUT2D eigenvalue weighted by molar-refractivity contribution is -0.287. The SMILES string of the molecule is CC(=O)OC[C@@]1(C)CC[C@@]2(OC1)O[C@H]1C[C@H]3[C@@H]4CCC5CC(=O)CC[C@]5(C)[C@H]4CC(=O)[C@]3(C)[C@H]1[C@@H]2C. The predicted molar refractivity (Wildman–Crippen MR) is 133 cm³/mol. The Labute approximate surface area is 215 Å². The Balaban J connectivity index is 1.22. The Kier molecular flexibility index (Phi) is 5.64. The zero-order chi connectivity index (χ0) is 25.7. The van der Waals surface area contributed by atoms with Crippen LogP contribution in [0.3, 0.4) is 0 Å². The molecule has 0 aromatic heterocycles. The monoisotopic (exact) mass is 500 g/mol. The van der Waals surface area contributed by atoms with E-state index in [0.29, 0.717) is 61.3 Å². The number of hydrogen-bond donors (Lipinski definition) is 0. The van der Waals surface area contributed by atoms with Crippen LogP contribution in [-0.4, -0.2) is 42.6 Å². The Morgan fingerprint density at radius 1 is 1.06 bits per heavy atom. The van der Waals surface area contributed by atoms with Crippen molar-refractivity contribution in [3.8, 4) is 0 Å². The van der Waals surface area contributed by atoms with Gasteiger partial charge in [-0.2, -0.15) is 0 Å². The summed E-state index contributed by atoms with van der Waals surface area (Å²) in [5.74, 6) is 2.08. The highest BCUT2D eigenvalue weighted by Crippen LogP contribution is 2.70. The average Bonchev–Trinajstić information content (AvgIpc) is 3.28. The van der Waals surface area contributed by atoms with E-state index < -0.39 is 5.79 Å². The van der Waals surface area contributed by atoms with E-state index in [9.17, 15) is 14.4 Å². The van der Waals surface area contributed by atoms with Gasteiger partial charge in [-0.25, -0.2) is 0 Å². The van der Waals surface area contributed by atoms with Crippen LogP contribution in [0.2, 0.25) is 0 Å². The van der Waals surface area contributed by atoms with Crippen molar-refractivity contribution in [1.82, 2.24) is 0 Å². The highest BCUT2D eigenvalue weighted by atomic mass is 16.7. The maximum atomic E-state index is 14.1. The first-order valence-corrected chi connectivity index (χ1v) is 14.4. The van der Waals surface area contributed by atoms with Gasteiger partial charge in [0, 0.05) is 55.3 Å². The lowest BCUT2D eigenvalue weighted by Crippen LogP contribution is -2.58. The van der Waals surface area contributed by atoms with Gasteiger partial charge in [0.15, 0.2) is 5.79 Å². The van der Waals surface area contributed by atoms with Crippen molar-refractivity contribution >= 4 is 17.5 Å². The minimum atomic E-state index is -0.635. The van der Waals surface area contributed by atoms with E-state index in [1.54, 1.807) is 0 Å². The van der Waals surface area contributed by atoms with E-state index in [0.717, 1.165) is 44.9 Å². The fourth-order valence-electron chi connectivity index (χ4n) is 10.2. The number of carbonyl (C=O) groups excluding carboxylic acids is 3. The summed E-state index contributed by atoms with van der Waals surface area (Å²) in [6.45, 7) is 11.3. The van der Waals surface area contributed by atoms with Crippen LogP contribution in [-0.2, 0) is 28.6 Å². The minimum absolute atomic E-state index is 0.0639. The van der Waals surface area contributed by atoms with Crippen LogP contribution in [0.25, 0.3) is 0 Å². The average molecular weight is 501 g/mol. The molecule has 11 atom stereocenters. The summed E-state index contributed by atoms with van der Waals surface area (Å²) in [6.07, 6.45) is 7.97. The molecule has 6 heteroatoms. The fraction of sp³-hybridized carbons (Fsp3) is 0.900. The summed E-state index contributed by atoms with van der Waals surface area (Å²) in [6, 6.07) is 0. The van der Waals surface area contributed by atoms with Gasteiger partial charge in [-0.3, -0.25) is 14.4 Å². The van der Waals surface area contributed by atoms with E-state index in [4.69, 9.17) is 14.2 Å². The molecule has 0 N–H and O–H groups in total. The fourth-order valence-corrected chi connectivity index (χ4v) is 10.2. The number of ketones is 2. The third-order valence-electron chi connectivity index (χ3n) is 12.4. The number of esters is 1. The van der Waals surface area contributed by atoms with Crippen molar-refractivity contribution in [2.45, 2.75) is 104 Å². The number of fused-ring (bicyclic) bond motifs is 7. The summed E-state index contributed by atoms with van der Waals surface area (Å²) in [7, 11) is 0. The Morgan fingerprint density at radius 3 is 2.53 bits per heavy atom. The van der Waals surface area contributed by atoms with E-state index in [2.05, 4.69) is 27.7 Å². The molecule has 6 aliphatic rings. The molecule has 1 spiro atoms. The Hall–Kier alpha value is -1.27. The molecule has 6 nitrogen and oxygen atoms in total. The van der Waals surface area contributed by atoms with Crippen LogP contribution in [0, 0.1) is 51.8 Å². The second-order valence-corrected chi connectivity index (χ2v) is 14.2. The van der Waals surface area contributed by atoms with Gasteiger partial charge in [0.2, 0.25) is 0 Å². The van der Waals surface area contributed by atoms with Crippen LogP contribution in [0.5, 0.6) is 0 Å². The molecule has 200 valence electrons. The van der Waals surface area contributed by atoms with Gasteiger partial charge in [-0.05, 0) is 61.2 Å². The number of carbonyl (C=O) groups is 3. The molecule has 2 saturated heterocycles. The zero-order valence-corrected chi connectivity index (χ0v) is 22.8. The maximum Gasteiger partial charge on any atom is 0.302 e. The first-order valence-electron chi connectivity index (χ1n) is 14.4. The molecule has 6 rings (SSSR count). The second kappa shape index (κ2) is 8.11. The maximum absolute atomic E-state index is 14.1. The lowest BCUT2D eigenvalue weighted by Gasteiger charge is -2.59. The molecule has 1 unspecified atom stereocenters. The van der Waals surface area contributed by atoms with E-state index in [-0.39, 0.29) is 40.2 Å². The van der Waals surface area contributed by atoms with Gasteiger partial charge < -0.3 is 14.2 Å². The van der Waals surface area contributed by atoms with Gasteiger partial charge in [0.25, 0.3) is 0 Å². The van der Waals surface area contributed by atoms with Crippen LogP contribution < -0.4 is 0 Å². The van der Waals surface area contributed by atoms with E-state index in [1.165, 1.54) is 6.92 Å². The van der Waals surface area contributed by atoms with Gasteiger partial charge >= 0.3 is 5.97 Å². The topological polar surface area (TPSA) is 78.9 Å². The predicted octanol–water partition coefficient (Wildman–Crippen LogP) is 5.11. The lowest BCUT2D eigenvalue weighted by atomic mass is 9.44. The van der Waals surface area contributed by atoms with Crippen molar-refractivity contribution < 1.29 is 28.6 Å². The molecule has 36 heavy (non-hydrogen) atoms. The highest BCUT2D eigenvalue weighted by Gasteiger charge is 2.72. The normalized spacial score (nSPS) is 54.0. The summed E-state index contributed by atoms with van der Waals surface area (Å²) in [5.41, 5.74) is -0.435. The molecular weight excluding hydrogens is 456 g/mol. The largest absolute Gasteiger partial charge is 0.465 e.